The van der Waals surface area contributed by atoms with E-state index in [4.69, 9.17) is 0 Å². The zero-order chi connectivity index (χ0) is 9.31. The van der Waals surface area contributed by atoms with E-state index in [1.807, 2.05) is 0 Å². The van der Waals surface area contributed by atoms with Crippen molar-refractivity contribution >= 4 is 0 Å². The minimum absolute atomic E-state index is 0.365. The Hall–Kier alpha value is -0.0800. The summed E-state index contributed by atoms with van der Waals surface area (Å²) in [5, 5.41) is 9.18. The van der Waals surface area contributed by atoms with Crippen LogP contribution in [0.25, 0.3) is 0 Å². The topological polar surface area (TPSA) is 23.5 Å². The number of aliphatic hydroxyl groups excluding tert-OH is 1. The summed E-state index contributed by atoms with van der Waals surface area (Å²) < 4.78 is 0. The molecule has 1 aliphatic carbocycles. The summed E-state index contributed by atoms with van der Waals surface area (Å²) in [5.41, 5.74) is 0.365. The van der Waals surface area contributed by atoms with Gasteiger partial charge < -0.3 is 10.0 Å². The van der Waals surface area contributed by atoms with Crippen LogP contribution in [0.15, 0.2) is 0 Å². The molecule has 2 rings (SSSR count). The Bertz CT molecular complexity index is 177. The number of nitrogens with zero attached hydrogens (tertiary/aromatic N) is 1. The molecule has 2 fully saturated rings. The zero-order valence-electron chi connectivity index (χ0n) is 8.63. The molecule has 0 aromatic carbocycles. The van der Waals surface area contributed by atoms with Gasteiger partial charge >= 0.3 is 0 Å². The number of aliphatic hydroxyl groups is 1. The van der Waals surface area contributed by atoms with Gasteiger partial charge in [0.1, 0.15) is 0 Å². The van der Waals surface area contributed by atoms with Crippen LogP contribution in [0.3, 0.4) is 0 Å². The molecule has 76 valence electrons. The minimum Gasteiger partial charge on any atom is -0.396 e. The summed E-state index contributed by atoms with van der Waals surface area (Å²) in [5.74, 6) is 0. The first kappa shape index (κ1) is 9.47. The van der Waals surface area contributed by atoms with Gasteiger partial charge in [-0.2, -0.15) is 0 Å². The molecule has 0 spiro atoms. The molecule has 1 atom stereocenters. The van der Waals surface area contributed by atoms with Crippen molar-refractivity contribution < 1.29 is 5.11 Å². The predicted molar refractivity (Wildman–Crippen MR) is 53.6 cm³/mol. The summed E-state index contributed by atoms with van der Waals surface area (Å²) in [7, 11) is 2.23. The normalized spacial score (nSPS) is 32.3. The second kappa shape index (κ2) is 3.58. The molecule has 1 aliphatic heterocycles. The maximum Gasteiger partial charge on any atom is 0.0487 e. The van der Waals surface area contributed by atoms with Crippen molar-refractivity contribution in [1.29, 1.82) is 0 Å². The summed E-state index contributed by atoms with van der Waals surface area (Å²) in [6.45, 7) is 1.69. The van der Waals surface area contributed by atoms with Gasteiger partial charge in [0.25, 0.3) is 0 Å². The van der Waals surface area contributed by atoms with Gasteiger partial charge in [-0.15, -0.1) is 0 Å². The molecule has 2 heteroatoms. The van der Waals surface area contributed by atoms with Gasteiger partial charge in [-0.1, -0.05) is 0 Å². The lowest BCUT2D eigenvalue weighted by atomic mass is 9.97. The smallest absolute Gasteiger partial charge is 0.0487 e. The SMILES string of the molecule is CN1CCCC1CCC1(CO)CC1. The van der Waals surface area contributed by atoms with Gasteiger partial charge in [-0.05, 0) is 57.5 Å². The average Bonchev–Trinajstić information content (AvgIpc) is 2.82. The first-order valence-electron chi connectivity index (χ1n) is 5.57. The third-order valence-electron chi connectivity index (χ3n) is 3.97. The standard InChI is InChI=1S/C11H21NO/c1-12-8-2-3-10(12)4-5-11(9-13)6-7-11/h10,13H,2-9H2,1H3. The van der Waals surface area contributed by atoms with Gasteiger partial charge in [0.05, 0.1) is 0 Å². The van der Waals surface area contributed by atoms with E-state index in [0.717, 1.165) is 6.04 Å². The molecular formula is C11H21NO. The van der Waals surface area contributed by atoms with E-state index < -0.39 is 0 Å². The van der Waals surface area contributed by atoms with Gasteiger partial charge in [0, 0.05) is 12.6 Å². The molecule has 0 amide bonds. The molecule has 1 heterocycles. The maximum absolute atomic E-state index is 9.18. The summed E-state index contributed by atoms with van der Waals surface area (Å²) in [6, 6.07) is 0.809. The highest BCUT2D eigenvalue weighted by molar-refractivity contribution is 4.93. The van der Waals surface area contributed by atoms with Crippen LogP contribution in [0.2, 0.25) is 0 Å². The van der Waals surface area contributed by atoms with Crippen LogP contribution in [-0.4, -0.2) is 36.2 Å². The van der Waals surface area contributed by atoms with Gasteiger partial charge in [0.2, 0.25) is 0 Å². The Morgan fingerprint density at radius 1 is 1.46 bits per heavy atom. The maximum atomic E-state index is 9.18. The van der Waals surface area contributed by atoms with E-state index in [1.165, 1.54) is 45.1 Å². The molecule has 0 bridgehead atoms. The van der Waals surface area contributed by atoms with Crippen LogP contribution in [-0.2, 0) is 0 Å². The van der Waals surface area contributed by atoms with Crippen LogP contribution in [0.4, 0.5) is 0 Å². The molecule has 0 aromatic rings. The molecule has 0 aromatic heterocycles. The quantitative estimate of drug-likeness (QED) is 0.716. The minimum atomic E-state index is 0.365. The van der Waals surface area contributed by atoms with E-state index >= 15 is 0 Å². The van der Waals surface area contributed by atoms with E-state index in [1.54, 1.807) is 0 Å². The van der Waals surface area contributed by atoms with Crippen LogP contribution < -0.4 is 0 Å². The molecule has 2 nitrogen and oxygen atoms in total. The molecule has 1 saturated carbocycles. The van der Waals surface area contributed by atoms with Gasteiger partial charge in [-0.25, -0.2) is 0 Å². The van der Waals surface area contributed by atoms with E-state index in [-0.39, 0.29) is 0 Å². The fraction of sp³-hybridized carbons (Fsp3) is 1.00. The van der Waals surface area contributed by atoms with Crippen molar-refractivity contribution in [3.63, 3.8) is 0 Å². The Kier molecular flexibility index (Phi) is 2.61. The van der Waals surface area contributed by atoms with E-state index in [9.17, 15) is 5.11 Å². The Morgan fingerprint density at radius 3 is 2.69 bits per heavy atom. The Labute approximate surface area is 80.9 Å². The van der Waals surface area contributed by atoms with Crippen molar-refractivity contribution in [2.24, 2.45) is 5.41 Å². The fourth-order valence-electron chi connectivity index (χ4n) is 2.48. The average molecular weight is 183 g/mol. The molecule has 1 saturated heterocycles. The summed E-state index contributed by atoms with van der Waals surface area (Å²) in [4.78, 5) is 2.48. The Balaban J connectivity index is 1.73. The number of hydrogen-bond donors (Lipinski definition) is 1. The third-order valence-corrected chi connectivity index (χ3v) is 3.97. The monoisotopic (exact) mass is 183 g/mol. The Morgan fingerprint density at radius 2 is 2.23 bits per heavy atom. The number of hydrogen-bond acceptors (Lipinski definition) is 2. The predicted octanol–water partition coefficient (Wildman–Crippen LogP) is 1.63. The van der Waals surface area contributed by atoms with Crippen molar-refractivity contribution in [1.82, 2.24) is 4.90 Å². The fourth-order valence-corrected chi connectivity index (χ4v) is 2.48. The molecule has 1 N–H and O–H groups in total. The number of rotatable bonds is 4. The molecule has 0 radical (unpaired) electrons. The summed E-state index contributed by atoms with van der Waals surface area (Å²) >= 11 is 0. The molecule has 13 heavy (non-hydrogen) atoms. The molecule has 2 aliphatic rings. The lowest BCUT2D eigenvalue weighted by molar-refractivity contribution is 0.186. The van der Waals surface area contributed by atoms with Crippen LogP contribution in [0.5, 0.6) is 0 Å². The second-order valence-electron chi connectivity index (χ2n) is 4.97. The lowest BCUT2D eigenvalue weighted by Gasteiger charge is -2.21. The highest BCUT2D eigenvalue weighted by Gasteiger charge is 2.42. The molecule has 1 unspecified atom stereocenters. The first-order chi connectivity index (χ1) is 6.26. The van der Waals surface area contributed by atoms with Gasteiger partial charge in [0.15, 0.2) is 0 Å². The van der Waals surface area contributed by atoms with Crippen molar-refractivity contribution in [3.05, 3.63) is 0 Å². The van der Waals surface area contributed by atoms with Crippen molar-refractivity contribution in [2.75, 3.05) is 20.2 Å². The van der Waals surface area contributed by atoms with E-state index in [2.05, 4.69) is 11.9 Å². The van der Waals surface area contributed by atoms with Crippen LogP contribution >= 0.6 is 0 Å². The highest BCUT2D eigenvalue weighted by Crippen LogP contribution is 2.49. The van der Waals surface area contributed by atoms with Gasteiger partial charge in [-0.3, -0.25) is 0 Å². The van der Waals surface area contributed by atoms with Crippen molar-refractivity contribution in [2.45, 2.75) is 44.6 Å². The highest BCUT2D eigenvalue weighted by atomic mass is 16.3. The van der Waals surface area contributed by atoms with Crippen molar-refractivity contribution in [3.8, 4) is 0 Å². The van der Waals surface area contributed by atoms with Crippen LogP contribution in [0, 0.1) is 5.41 Å². The summed E-state index contributed by atoms with van der Waals surface area (Å²) in [6.07, 6.45) is 7.82. The third kappa shape index (κ3) is 2.05. The first-order valence-corrected chi connectivity index (χ1v) is 5.57. The number of likely N-dealkylation sites (tertiary alicyclic amines) is 1. The lowest BCUT2D eigenvalue weighted by Crippen LogP contribution is -2.25. The second-order valence-corrected chi connectivity index (χ2v) is 4.97. The molecular weight excluding hydrogens is 162 g/mol. The largest absolute Gasteiger partial charge is 0.396 e. The van der Waals surface area contributed by atoms with Crippen LogP contribution in [0.1, 0.15) is 38.5 Å². The van der Waals surface area contributed by atoms with E-state index in [0.29, 0.717) is 12.0 Å². The zero-order valence-corrected chi connectivity index (χ0v) is 8.63.